The molecule has 8 heteroatoms. The minimum Gasteiger partial charge on any atom is -0.356 e. The Balaban J connectivity index is 1.77. The number of nitrogens with one attached hydrogen (secondary N) is 4. The lowest BCUT2D eigenvalue weighted by atomic mass is 10.1. The van der Waals surface area contributed by atoms with E-state index in [1.165, 1.54) is 4.90 Å². The smallest absolute Gasteiger partial charge is 0.273 e. The second-order valence-corrected chi connectivity index (χ2v) is 7.24. The Bertz CT molecular complexity index is 956. The van der Waals surface area contributed by atoms with Crippen LogP contribution < -0.4 is 21.1 Å². The average Bonchev–Trinajstić information content (AvgIpc) is 3.19. The first-order valence-electron chi connectivity index (χ1n) is 9.38. The largest absolute Gasteiger partial charge is 0.356 e. The van der Waals surface area contributed by atoms with Gasteiger partial charge in [-0.1, -0.05) is 48.5 Å². The number of hydrogen-bond acceptors (Lipinski definition) is 3. The number of amides is 1. The third-order valence-electron chi connectivity index (χ3n) is 4.23. The number of thiocarbonyl (C=S) groups is 1. The quantitative estimate of drug-likeness (QED) is 0.358. The van der Waals surface area contributed by atoms with Crippen LogP contribution in [0.4, 0.5) is 0 Å². The number of hydrazine groups is 1. The molecule has 1 aromatic heterocycles. The average molecular weight is 410 g/mol. The lowest BCUT2D eigenvalue weighted by molar-refractivity contribution is -0.856. The standard InChI is InChI=1S/C21H24N6OS/c1-26(2)14-13-22-21(29)24-23-20(28)18-15-27(17-11-7-4-8-12-17)25-19(18)16-9-5-3-6-10-16/h3-12,15H,13-14H2,1-2H3,(H,23,28)(H2,22,24,29)/p+1. The summed E-state index contributed by atoms with van der Waals surface area (Å²) < 4.78 is 1.70. The van der Waals surface area contributed by atoms with E-state index in [9.17, 15) is 4.79 Å². The summed E-state index contributed by atoms with van der Waals surface area (Å²) in [7, 11) is 4.13. The van der Waals surface area contributed by atoms with Gasteiger partial charge in [0.25, 0.3) is 5.91 Å². The second kappa shape index (κ2) is 9.81. The van der Waals surface area contributed by atoms with E-state index in [1.807, 2.05) is 60.7 Å². The number of likely N-dealkylation sites (N-methyl/N-ethyl adjacent to an activating group) is 1. The summed E-state index contributed by atoms with van der Waals surface area (Å²) in [6.45, 7) is 1.63. The van der Waals surface area contributed by atoms with E-state index in [1.54, 1.807) is 10.9 Å². The zero-order chi connectivity index (χ0) is 20.6. The zero-order valence-corrected chi connectivity index (χ0v) is 17.3. The molecule has 4 N–H and O–H groups in total. The normalized spacial score (nSPS) is 10.6. The van der Waals surface area contributed by atoms with Crippen LogP contribution in [0.2, 0.25) is 0 Å². The molecular weight excluding hydrogens is 384 g/mol. The minimum absolute atomic E-state index is 0.312. The molecule has 0 saturated heterocycles. The van der Waals surface area contributed by atoms with Crippen molar-refractivity contribution < 1.29 is 9.69 Å². The highest BCUT2D eigenvalue weighted by molar-refractivity contribution is 7.80. The number of carbonyl (C=O) groups excluding carboxylic acids is 1. The van der Waals surface area contributed by atoms with Gasteiger partial charge in [-0.3, -0.25) is 15.6 Å². The van der Waals surface area contributed by atoms with Crippen molar-refractivity contribution in [3.05, 3.63) is 72.4 Å². The fourth-order valence-corrected chi connectivity index (χ4v) is 2.87. The predicted octanol–water partition coefficient (Wildman–Crippen LogP) is 0.793. The van der Waals surface area contributed by atoms with Crippen molar-refractivity contribution in [2.24, 2.45) is 0 Å². The molecule has 1 heterocycles. The van der Waals surface area contributed by atoms with Gasteiger partial charge in [-0.15, -0.1) is 0 Å². The van der Waals surface area contributed by atoms with Crippen LogP contribution in [0.3, 0.4) is 0 Å². The lowest BCUT2D eigenvalue weighted by Gasteiger charge is -2.12. The van der Waals surface area contributed by atoms with Gasteiger partial charge in [0.15, 0.2) is 5.11 Å². The first-order valence-corrected chi connectivity index (χ1v) is 9.79. The summed E-state index contributed by atoms with van der Waals surface area (Å²) in [6, 6.07) is 19.3. The molecule has 0 saturated carbocycles. The first kappa shape index (κ1) is 20.5. The van der Waals surface area contributed by atoms with E-state index in [2.05, 4.69) is 35.4 Å². The molecule has 0 atom stereocenters. The van der Waals surface area contributed by atoms with Crippen molar-refractivity contribution in [1.82, 2.24) is 25.9 Å². The molecule has 2 aromatic carbocycles. The number of benzene rings is 2. The molecule has 29 heavy (non-hydrogen) atoms. The third-order valence-corrected chi connectivity index (χ3v) is 4.47. The molecule has 3 aromatic rings. The number of hydrogen-bond donors (Lipinski definition) is 4. The van der Waals surface area contributed by atoms with Crippen LogP contribution in [0, 0.1) is 0 Å². The summed E-state index contributed by atoms with van der Waals surface area (Å²) >= 11 is 5.22. The molecule has 0 fully saturated rings. The maximum atomic E-state index is 12.9. The monoisotopic (exact) mass is 409 g/mol. The predicted molar refractivity (Wildman–Crippen MR) is 118 cm³/mol. The molecular formula is C21H25N6OS+. The van der Waals surface area contributed by atoms with E-state index in [4.69, 9.17) is 12.2 Å². The summed E-state index contributed by atoms with van der Waals surface area (Å²) in [5.41, 5.74) is 8.21. The molecule has 1 amide bonds. The number of quaternary nitrogens is 1. The number of para-hydroxylation sites is 1. The third kappa shape index (κ3) is 5.63. The van der Waals surface area contributed by atoms with Gasteiger partial charge >= 0.3 is 0 Å². The molecule has 0 unspecified atom stereocenters. The van der Waals surface area contributed by atoms with Crippen LogP contribution in [-0.2, 0) is 0 Å². The number of carbonyl (C=O) groups is 1. The molecule has 7 nitrogen and oxygen atoms in total. The van der Waals surface area contributed by atoms with Gasteiger partial charge < -0.3 is 10.2 Å². The highest BCUT2D eigenvalue weighted by Crippen LogP contribution is 2.23. The van der Waals surface area contributed by atoms with Gasteiger partial charge in [-0.05, 0) is 24.4 Å². The molecule has 0 aliphatic carbocycles. The molecule has 0 aliphatic rings. The van der Waals surface area contributed by atoms with Crippen LogP contribution in [0.1, 0.15) is 10.4 Å². The van der Waals surface area contributed by atoms with Gasteiger partial charge in [0, 0.05) is 11.8 Å². The second-order valence-electron chi connectivity index (χ2n) is 6.83. The Kier molecular flexibility index (Phi) is 6.94. The number of nitrogens with zero attached hydrogens (tertiary/aromatic N) is 2. The fraction of sp³-hybridized carbons (Fsp3) is 0.190. The van der Waals surface area contributed by atoms with E-state index in [-0.39, 0.29) is 5.91 Å². The Morgan fingerprint density at radius 2 is 1.69 bits per heavy atom. The summed E-state index contributed by atoms with van der Waals surface area (Å²) in [6.07, 6.45) is 1.72. The summed E-state index contributed by atoms with van der Waals surface area (Å²) in [5, 5.41) is 8.08. The van der Waals surface area contributed by atoms with Gasteiger partial charge in [0.05, 0.1) is 38.4 Å². The van der Waals surface area contributed by atoms with E-state index >= 15 is 0 Å². The molecule has 0 bridgehead atoms. The molecule has 0 spiro atoms. The topological polar surface area (TPSA) is 75.4 Å². The summed E-state index contributed by atoms with van der Waals surface area (Å²) in [4.78, 5) is 14.2. The maximum absolute atomic E-state index is 12.9. The van der Waals surface area contributed by atoms with E-state index in [0.717, 1.165) is 17.8 Å². The van der Waals surface area contributed by atoms with Crippen molar-refractivity contribution in [3.63, 3.8) is 0 Å². The van der Waals surface area contributed by atoms with Crippen LogP contribution in [0.15, 0.2) is 66.9 Å². The highest BCUT2D eigenvalue weighted by atomic mass is 32.1. The van der Waals surface area contributed by atoms with Crippen molar-refractivity contribution >= 4 is 23.2 Å². The van der Waals surface area contributed by atoms with Crippen LogP contribution in [0.5, 0.6) is 0 Å². The lowest BCUT2D eigenvalue weighted by Crippen LogP contribution is -3.06. The van der Waals surface area contributed by atoms with Crippen LogP contribution in [-0.4, -0.2) is 48.0 Å². The zero-order valence-electron chi connectivity index (χ0n) is 16.5. The summed E-state index contributed by atoms with van der Waals surface area (Å²) in [5.74, 6) is -0.312. The molecule has 0 aliphatic heterocycles. The van der Waals surface area contributed by atoms with Crippen molar-refractivity contribution in [3.8, 4) is 16.9 Å². The Labute approximate surface area is 175 Å². The number of rotatable bonds is 6. The Hall–Kier alpha value is -3.23. The molecule has 150 valence electrons. The fourth-order valence-electron chi connectivity index (χ4n) is 2.71. The van der Waals surface area contributed by atoms with Crippen molar-refractivity contribution in [2.75, 3.05) is 27.2 Å². The molecule has 3 rings (SSSR count). The van der Waals surface area contributed by atoms with Crippen LogP contribution in [0.25, 0.3) is 16.9 Å². The van der Waals surface area contributed by atoms with Crippen molar-refractivity contribution in [2.45, 2.75) is 0 Å². The van der Waals surface area contributed by atoms with Gasteiger partial charge in [0.2, 0.25) is 0 Å². The Morgan fingerprint density at radius 1 is 1.03 bits per heavy atom. The highest BCUT2D eigenvalue weighted by Gasteiger charge is 2.18. The van der Waals surface area contributed by atoms with Crippen molar-refractivity contribution in [1.29, 1.82) is 0 Å². The van der Waals surface area contributed by atoms with E-state index in [0.29, 0.717) is 22.9 Å². The maximum Gasteiger partial charge on any atom is 0.273 e. The first-order chi connectivity index (χ1) is 14.0. The van der Waals surface area contributed by atoms with Gasteiger partial charge in [0.1, 0.15) is 5.69 Å². The van der Waals surface area contributed by atoms with Gasteiger partial charge in [-0.25, -0.2) is 4.68 Å². The van der Waals surface area contributed by atoms with Gasteiger partial charge in [-0.2, -0.15) is 5.10 Å². The van der Waals surface area contributed by atoms with E-state index < -0.39 is 0 Å². The molecule has 0 radical (unpaired) electrons. The Morgan fingerprint density at radius 3 is 2.34 bits per heavy atom. The van der Waals surface area contributed by atoms with Crippen LogP contribution >= 0.6 is 12.2 Å². The SMILES string of the molecule is C[NH+](C)CCNC(=S)NNC(=O)c1cn(-c2ccccc2)nc1-c1ccccc1. The number of aromatic nitrogens is 2. The minimum atomic E-state index is -0.312.